The van der Waals surface area contributed by atoms with Gasteiger partial charge in [0.1, 0.15) is 0 Å². The number of sulfonamides is 1. The van der Waals surface area contributed by atoms with Gasteiger partial charge in [-0.05, 0) is 30.2 Å². The van der Waals surface area contributed by atoms with Crippen molar-refractivity contribution in [1.29, 1.82) is 0 Å². The Labute approximate surface area is 124 Å². The minimum absolute atomic E-state index is 0. The molecule has 20 heavy (non-hydrogen) atoms. The van der Waals surface area contributed by atoms with E-state index in [1.54, 1.807) is 18.2 Å². The monoisotopic (exact) mass is 319 g/mol. The normalized spacial score (nSPS) is 13.6. The van der Waals surface area contributed by atoms with E-state index < -0.39 is 10.0 Å². The van der Waals surface area contributed by atoms with Gasteiger partial charge in [-0.15, -0.1) is 12.4 Å². The van der Waals surface area contributed by atoms with Gasteiger partial charge in [0.25, 0.3) is 5.91 Å². The highest BCUT2D eigenvalue weighted by molar-refractivity contribution is 7.92. The van der Waals surface area contributed by atoms with Crippen LogP contribution in [0.1, 0.15) is 15.9 Å². The number of hydrogen-bond donors (Lipinski definition) is 2. The summed E-state index contributed by atoms with van der Waals surface area (Å²) in [5.74, 6) is -0.189. The first-order valence-corrected chi connectivity index (χ1v) is 7.87. The first-order valence-electron chi connectivity index (χ1n) is 6.02. The van der Waals surface area contributed by atoms with E-state index >= 15 is 0 Å². The Balaban J connectivity index is 0.00000200. The molecule has 1 aromatic rings. The maximum atomic E-state index is 11.8. The van der Waals surface area contributed by atoms with Gasteiger partial charge in [-0.1, -0.05) is 0 Å². The lowest BCUT2D eigenvalue weighted by atomic mass is 10.1. The lowest BCUT2D eigenvalue weighted by molar-refractivity contribution is 0.0954. The summed E-state index contributed by atoms with van der Waals surface area (Å²) in [7, 11) is -3.25. The van der Waals surface area contributed by atoms with Gasteiger partial charge in [-0.3, -0.25) is 9.10 Å². The highest BCUT2D eigenvalue weighted by Crippen LogP contribution is 2.30. The number of halogens is 1. The molecule has 0 unspecified atom stereocenters. The number of nitrogens with zero attached hydrogens (tertiary/aromatic N) is 1. The lowest BCUT2D eigenvalue weighted by Gasteiger charge is -2.16. The highest BCUT2D eigenvalue weighted by atomic mass is 35.5. The number of benzene rings is 1. The van der Waals surface area contributed by atoms with Crippen molar-refractivity contribution in [3.63, 3.8) is 0 Å². The quantitative estimate of drug-likeness (QED) is 0.824. The van der Waals surface area contributed by atoms with E-state index in [0.29, 0.717) is 37.3 Å². The Bertz CT molecular complexity index is 604. The molecular weight excluding hydrogens is 302 g/mol. The van der Waals surface area contributed by atoms with Crippen LogP contribution in [0.4, 0.5) is 5.69 Å². The van der Waals surface area contributed by atoms with Crippen LogP contribution in [0.25, 0.3) is 0 Å². The van der Waals surface area contributed by atoms with Gasteiger partial charge in [0, 0.05) is 25.2 Å². The summed E-state index contributed by atoms with van der Waals surface area (Å²) in [4.78, 5) is 11.8. The van der Waals surface area contributed by atoms with E-state index in [1.165, 1.54) is 10.6 Å². The Morgan fingerprint density at radius 2 is 2.15 bits per heavy atom. The van der Waals surface area contributed by atoms with Crippen LogP contribution in [0.3, 0.4) is 0 Å². The summed E-state index contributed by atoms with van der Waals surface area (Å²) in [6, 6.07) is 5.06. The first-order chi connectivity index (χ1) is 8.93. The maximum Gasteiger partial charge on any atom is 0.251 e. The molecule has 1 aliphatic heterocycles. The van der Waals surface area contributed by atoms with E-state index in [-0.39, 0.29) is 18.3 Å². The van der Waals surface area contributed by atoms with Gasteiger partial charge < -0.3 is 11.1 Å². The van der Waals surface area contributed by atoms with Crippen molar-refractivity contribution >= 4 is 34.0 Å². The van der Waals surface area contributed by atoms with Gasteiger partial charge in [0.05, 0.1) is 11.9 Å². The predicted octanol–water partition coefficient (Wildman–Crippen LogP) is 0.119. The standard InChI is InChI=1S/C12H17N3O3S.ClH/c1-19(17,18)15-7-4-9-8-10(2-3-11(9)15)12(16)14-6-5-13;/h2-3,8H,4-7,13H2,1H3,(H,14,16);1H. The first kappa shape index (κ1) is 16.7. The zero-order valence-corrected chi connectivity index (χ0v) is 12.8. The number of nitrogens with two attached hydrogens (primary N) is 1. The maximum absolute atomic E-state index is 11.8. The third kappa shape index (κ3) is 3.41. The average Bonchev–Trinajstić information content (AvgIpc) is 2.78. The summed E-state index contributed by atoms with van der Waals surface area (Å²) in [6.45, 7) is 1.24. The van der Waals surface area contributed by atoms with Gasteiger partial charge >= 0.3 is 0 Å². The zero-order chi connectivity index (χ0) is 14.0. The molecule has 0 atom stereocenters. The predicted molar refractivity (Wildman–Crippen MR) is 81.0 cm³/mol. The third-order valence-electron chi connectivity index (χ3n) is 3.02. The largest absolute Gasteiger partial charge is 0.351 e. The van der Waals surface area contributed by atoms with Crippen LogP contribution in [0, 0.1) is 0 Å². The average molecular weight is 320 g/mol. The number of amides is 1. The molecule has 2 rings (SSSR count). The van der Waals surface area contributed by atoms with Crippen LogP contribution in [0.5, 0.6) is 0 Å². The van der Waals surface area contributed by atoms with Crippen molar-refractivity contribution in [2.75, 3.05) is 30.2 Å². The number of hydrogen-bond acceptors (Lipinski definition) is 4. The van der Waals surface area contributed by atoms with Crippen LogP contribution >= 0.6 is 12.4 Å². The number of fused-ring (bicyclic) bond motifs is 1. The van der Waals surface area contributed by atoms with Crippen LogP contribution < -0.4 is 15.4 Å². The summed E-state index contributed by atoms with van der Waals surface area (Å²) in [5.41, 5.74) is 7.40. The number of nitrogens with one attached hydrogen (secondary N) is 1. The molecule has 0 radical (unpaired) electrons. The molecule has 0 spiro atoms. The number of carbonyl (C=O) groups excluding carboxylic acids is 1. The molecule has 0 saturated carbocycles. The second-order valence-electron chi connectivity index (χ2n) is 4.47. The topological polar surface area (TPSA) is 92.5 Å². The summed E-state index contributed by atoms with van der Waals surface area (Å²) in [6.07, 6.45) is 1.81. The molecule has 0 fully saturated rings. The van der Waals surface area contributed by atoms with E-state index in [0.717, 1.165) is 5.56 Å². The van der Waals surface area contributed by atoms with Crippen LogP contribution in [-0.2, 0) is 16.4 Å². The van der Waals surface area contributed by atoms with Crippen molar-refractivity contribution in [1.82, 2.24) is 5.32 Å². The fraction of sp³-hybridized carbons (Fsp3) is 0.417. The molecular formula is C12H18ClN3O3S. The van der Waals surface area contributed by atoms with E-state index in [2.05, 4.69) is 5.32 Å². The molecule has 1 aliphatic rings. The highest BCUT2D eigenvalue weighted by Gasteiger charge is 2.26. The van der Waals surface area contributed by atoms with Crippen LogP contribution in [0.15, 0.2) is 18.2 Å². The van der Waals surface area contributed by atoms with E-state index in [9.17, 15) is 13.2 Å². The Morgan fingerprint density at radius 1 is 1.45 bits per heavy atom. The van der Waals surface area contributed by atoms with Crippen molar-refractivity contribution in [3.8, 4) is 0 Å². The number of rotatable bonds is 4. The van der Waals surface area contributed by atoms with Crippen molar-refractivity contribution in [2.24, 2.45) is 5.73 Å². The zero-order valence-electron chi connectivity index (χ0n) is 11.1. The third-order valence-corrected chi connectivity index (χ3v) is 4.20. The van der Waals surface area contributed by atoms with E-state index in [1.807, 2.05) is 0 Å². The molecule has 1 heterocycles. The second kappa shape index (κ2) is 6.43. The minimum Gasteiger partial charge on any atom is -0.351 e. The Morgan fingerprint density at radius 3 is 2.75 bits per heavy atom. The summed E-state index contributed by atoms with van der Waals surface area (Å²) >= 11 is 0. The second-order valence-corrected chi connectivity index (χ2v) is 6.38. The fourth-order valence-electron chi connectivity index (χ4n) is 2.14. The fourth-order valence-corrected chi connectivity index (χ4v) is 3.10. The van der Waals surface area contributed by atoms with Crippen molar-refractivity contribution < 1.29 is 13.2 Å². The molecule has 3 N–H and O–H groups in total. The number of anilines is 1. The van der Waals surface area contributed by atoms with Gasteiger partial charge in [-0.25, -0.2) is 8.42 Å². The SMILES string of the molecule is CS(=O)(=O)N1CCc2cc(C(=O)NCCN)ccc21.Cl. The molecule has 8 heteroatoms. The van der Waals surface area contributed by atoms with Gasteiger partial charge in [0.2, 0.25) is 10.0 Å². The molecule has 1 aromatic carbocycles. The van der Waals surface area contributed by atoms with Gasteiger partial charge in [-0.2, -0.15) is 0 Å². The Kier molecular flexibility index (Phi) is 5.38. The minimum atomic E-state index is -3.25. The lowest BCUT2D eigenvalue weighted by Crippen LogP contribution is -2.29. The summed E-state index contributed by atoms with van der Waals surface area (Å²) in [5, 5.41) is 2.69. The molecule has 0 saturated heterocycles. The number of carbonyl (C=O) groups is 1. The Hall–Kier alpha value is -1.31. The molecule has 112 valence electrons. The smallest absolute Gasteiger partial charge is 0.251 e. The molecule has 0 aliphatic carbocycles. The van der Waals surface area contributed by atoms with Crippen LogP contribution in [0.2, 0.25) is 0 Å². The molecule has 0 aromatic heterocycles. The van der Waals surface area contributed by atoms with Crippen molar-refractivity contribution in [2.45, 2.75) is 6.42 Å². The summed E-state index contributed by atoms with van der Waals surface area (Å²) < 4.78 is 24.5. The van der Waals surface area contributed by atoms with Gasteiger partial charge in [0.15, 0.2) is 0 Å². The van der Waals surface area contributed by atoms with Crippen molar-refractivity contribution in [3.05, 3.63) is 29.3 Å². The molecule has 1 amide bonds. The molecule has 0 bridgehead atoms. The molecule has 6 nitrogen and oxygen atoms in total. The van der Waals surface area contributed by atoms with Crippen LogP contribution in [-0.4, -0.2) is 40.2 Å². The van der Waals surface area contributed by atoms with E-state index in [4.69, 9.17) is 5.73 Å².